The van der Waals surface area contributed by atoms with Gasteiger partial charge in [0, 0.05) is 23.2 Å². The van der Waals surface area contributed by atoms with Gasteiger partial charge in [-0.2, -0.15) is 0 Å². The Labute approximate surface area is 133 Å². The second kappa shape index (κ2) is 9.64. The standard InChI is InChI=1S/C19H25NS/c1-2-3-14-19(17-10-6-4-7-11-17)20-15-16-21-18-12-8-5-9-13-18/h4-13,19-20H,2-3,14-16H2,1H3. The maximum atomic E-state index is 3.72. The average Bonchev–Trinajstić information content (AvgIpc) is 2.56. The van der Waals surface area contributed by atoms with E-state index in [-0.39, 0.29) is 0 Å². The van der Waals surface area contributed by atoms with Gasteiger partial charge in [-0.25, -0.2) is 0 Å². The molecule has 2 rings (SSSR count). The van der Waals surface area contributed by atoms with Crippen molar-refractivity contribution in [2.75, 3.05) is 12.3 Å². The molecule has 0 amide bonds. The zero-order valence-corrected chi connectivity index (χ0v) is 13.6. The lowest BCUT2D eigenvalue weighted by Crippen LogP contribution is -2.23. The molecule has 0 fully saturated rings. The molecule has 0 aliphatic heterocycles. The van der Waals surface area contributed by atoms with Crippen molar-refractivity contribution in [1.29, 1.82) is 0 Å². The van der Waals surface area contributed by atoms with E-state index in [9.17, 15) is 0 Å². The molecule has 0 spiro atoms. The maximum Gasteiger partial charge on any atom is 0.0320 e. The first-order chi connectivity index (χ1) is 10.4. The predicted octanol–water partition coefficient (Wildman–Crippen LogP) is 5.30. The number of thioether (sulfide) groups is 1. The first-order valence-electron chi connectivity index (χ1n) is 7.86. The molecule has 0 aliphatic carbocycles. The van der Waals surface area contributed by atoms with Crippen molar-refractivity contribution in [2.24, 2.45) is 0 Å². The molecule has 0 bridgehead atoms. The summed E-state index contributed by atoms with van der Waals surface area (Å²) in [7, 11) is 0. The highest BCUT2D eigenvalue weighted by atomic mass is 32.2. The summed E-state index contributed by atoms with van der Waals surface area (Å²) in [6.07, 6.45) is 3.75. The normalized spacial score (nSPS) is 12.2. The highest BCUT2D eigenvalue weighted by Crippen LogP contribution is 2.20. The van der Waals surface area contributed by atoms with Gasteiger partial charge in [0.25, 0.3) is 0 Å². The Bertz CT molecular complexity index is 483. The molecule has 21 heavy (non-hydrogen) atoms. The smallest absolute Gasteiger partial charge is 0.0320 e. The van der Waals surface area contributed by atoms with Crippen molar-refractivity contribution >= 4 is 11.8 Å². The quantitative estimate of drug-likeness (QED) is 0.498. The van der Waals surface area contributed by atoms with E-state index < -0.39 is 0 Å². The van der Waals surface area contributed by atoms with Gasteiger partial charge >= 0.3 is 0 Å². The van der Waals surface area contributed by atoms with Gasteiger partial charge in [-0.1, -0.05) is 68.3 Å². The summed E-state index contributed by atoms with van der Waals surface area (Å²) in [5, 5.41) is 3.72. The number of nitrogens with one attached hydrogen (secondary N) is 1. The molecule has 2 heteroatoms. The summed E-state index contributed by atoms with van der Waals surface area (Å²) in [5.41, 5.74) is 1.41. The van der Waals surface area contributed by atoms with Crippen LogP contribution in [0.3, 0.4) is 0 Å². The van der Waals surface area contributed by atoms with E-state index in [4.69, 9.17) is 0 Å². The van der Waals surface area contributed by atoms with E-state index in [1.54, 1.807) is 0 Å². The SMILES string of the molecule is CCCCC(NCCSc1ccccc1)c1ccccc1. The number of rotatable bonds is 9. The van der Waals surface area contributed by atoms with Crippen LogP contribution in [0.2, 0.25) is 0 Å². The molecule has 0 saturated heterocycles. The maximum absolute atomic E-state index is 3.72. The number of benzene rings is 2. The molecule has 1 atom stereocenters. The van der Waals surface area contributed by atoms with E-state index in [0.29, 0.717) is 6.04 Å². The van der Waals surface area contributed by atoms with Gasteiger partial charge in [-0.3, -0.25) is 0 Å². The third-order valence-corrected chi connectivity index (χ3v) is 4.57. The van der Waals surface area contributed by atoms with Crippen LogP contribution in [0.4, 0.5) is 0 Å². The third-order valence-electron chi connectivity index (χ3n) is 3.55. The first-order valence-corrected chi connectivity index (χ1v) is 8.85. The lowest BCUT2D eigenvalue weighted by molar-refractivity contribution is 0.496. The van der Waals surface area contributed by atoms with Crippen LogP contribution in [0.15, 0.2) is 65.6 Å². The average molecular weight is 299 g/mol. The zero-order valence-electron chi connectivity index (χ0n) is 12.8. The molecule has 2 aromatic carbocycles. The summed E-state index contributed by atoms with van der Waals surface area (Å²) in [6.45, 7) is 3.30. The molecule has 2 aromatic rings. The number of hydrogen-bond donors (Lipinski definition) is 1. The Morgan fingerprint density at radius 2 is 1.62 bits per heavy atom. The minimum Gasteiger partial charge on any atom is -0.309 e. The van der Waals surface area contributed by atoms with Crippen molar-refractivity contribution in [1.82, 2.24) is 5.32 Å². The topological polar surface area (TPSA) is 12.0 Å². The molecule has 0 saturated carbocycles. The molecular formula is C19H25NS. The summed E-state index contributed by atoms with van der Waals surface area (Å²) >= 11 is 1.92. The van der Waals surface area contributed by atoms with Crippen LogP contribution in [0, 0.1) is 0 Å². The second-order valence-corrected chi connectivity index (χ2v) is 6.39. The zero-order chi connectivity index (χ0) is 14.8. The van der Waals surface area contributed by atoms with Crippen LogP contribution < -0.4 is 5.32 Å². The van der Waals surface area contributed by atoms with Gasteiger partial charge < -0.3 is 5.32 Å². The summed E-state index contributed by atoms with van der Waals surface area (Å²) in [4.78, 5) is 1.35. The predicted molar refractivity (Wildman–Crippen MR) is 93.9 cm³/mol. The van der Waals surface area contributed by atoms with E-state index >= 15 is 0 Å². The molecule has 0 heterocycles. The number of hydrogen-bond acceptors (Lipinski definition) is 2. The molecule has 0 aromatic heterocycles. The Kier molecular flexibility index (Phi) is 7.41. The molecule has 112 valence electrons. The van der Waals surface area contributed by atoms with Crippen LogP contribution in [-0.2, 0) is 0 Å². The van der Waals surface area contributed by atoms with Crippen LogP contribution in [0.5, 0.6) is 0 Å². The molecule has 1 unspecified atom stereocenters. The Balaban J connectivity index is 1.79. The van der Waals surface area contributed by atoms with Crippen molar-refractivity contribution in [3.8, 4) is 0 Å². The highest BCUT2D eigenvalue weighted by molar-refractivity contribution is 7.99. The van der Waals surface area contributed by atoms with Gasteiger partial charge in [0.05, 0.1) is 0 Å². The van der Waals surface area contributed by atoms with Crippen molar-refractivity contribution in [3.63, 3.8) is 0 Å². The molecule has 0 radical (unpaired) electrons. The minimum absolute atomic E-state index is 0.488. The van der Waals surface area contributed by atoms with Crippen LogP contribution in [0.1, 0.15) is 37.8 Å². The van der Waals surface area contributed by atoms with Gasteiger partial charge in [0.2, 0.25) is 0 Å². The number of unbranched alkanes of at least 4 members (excludes halogenated alkanes) is 1. The monoisotopic (exact) mass is 299 g/mol. The van der Waals surface area contributed by atoms with Crippen LogP contribution >= 0.6 is 11.8 Å². The van der Waals surface area contributed by atoms with Crippen molar-refractivity contribution in [3.05, 3.63) is 66.2 Å². The fourth-order valence-electron chi connectivity index (χ4n) is 2.40. The lowest BCUT2D eigenvalue weighted by Gasteiger charge is -2.19. The molecule has 1 N–H and O–H groups in total. The highest BCUT2D eigenvalue weighted by Gasteiger charge is 2.09. The van der Waals surface area contributed by atoms with E-state index in [1.165, 1.54) is 29.7 Å². The molecular weight excluding hydrogens is 274 g/mol. The summed E-state index contributed by atoms with van der Waals surface area (Å²) < 4.78 is 0. The molecule has 1 nitrogen and oxygen atoms in total. The van der Waals surface area contributed by atoms with Gasteiger partial charge in [0.15, 0.2) is 0 Å². The van der Waals surface area contributed by atoms with Crippen molar-refractivity contribution < 1.29 is 0 Å². The van der Waals surface area contributed by atoms with E-state index in [1.807, 2.05) is 11.8 Å². The second-order valence-electron chi connectivity index (χ2n) is 5.22. The third kappa shape index (κ3) is 5.94. The van der Waals surface area contributed by atoms with E-state index in [0.717, 1.165) is 12.3 Å². The van der Waals surface area contributed by atoms with Gasteiger partial charge in [-0.05, 0) is 24.1 Å². The van der Waals surface area contributed by atoms with Gasteiger partial charge in [0.1, 0.15) is 0 Å². The van der Waals surface area contributed by atoms with Gasteiger partial charge in [-0.15, -0.1) is 11.8 Å². The minimum atomic E-state index is 0.488. The molecule has 0 aliphatic rings. The van der Waals surface area contributed by atoms with Crippen LogP contribution in [-0.4, -0.2) is 12.3 Å². The van der Waals surface area contributed by atoms with E-state index in [2.05, 4.69) is 72.9 Å². The fraction of sp³-hybridized carbons (Fsp3) is 0.368. The first kappa shape index (κ1) is 16.1. The lowest BCUT2D eigenvalue weighted by atomic mass is 10.0. The fourth-order valence-corrected chi connectivity index (χ4v) is 3.20. The summed E-state index contributed by atoms with van der Waals surface area (Å²) in [5.74, 6) is 1.11. The Morgan fingerprint density at radius 3 is 2.29 bits per heavy atom. The van der Waals surface area contributed by atoms with Crippen LogP contribution in [0.25, 0.3) is 0 Å². The Hall–Kier alpha value is -1.25. The largest absolute Gasteiger partial charge is 0.309 e. The van der Waals surface area contributed by atoms with Crippen molar-refractivity contribution in [2.45, 2.75) is 37.1 Å². The Morgan fingerprint density at radius 1 is 0.952 bits per heavy atom. The summed E-state index contributed by atoms with van der Waals surface area (Å²) in [6, 6.07) is 21.9.